The van der Waals surface area contributed by atoms with Gasteiger partial charge < -0.3 is 4.90 Å². The van der Waals surface area contributed by atoms with E-state index in [0.29, 0.717) is 18.2 Å². The first-order chi connectivity index (χ1) is 6.77. The Morgan fingerprint density at radius 1 is 1.29 bits per heavy atom. The molecular weight excluding hydrogens is 198 g/mol. The normalized spacial score (nSPS) is 9.50. The SMILES string of the molecule is C=CCN(CC=C)c1cc(Cl)ncn1. The molecule has 4 heteroatoms. The van der Waals surface area contributed by atoms with Crippen molar-refractivity contribution in [1.82, 2.24) is 9.97 Å². The van der Waals surface area contributed by atoms with Crippen molar-refractivity contribution in [3.63, 3.8) is 0 Å². The lowest BCUT2D eigenvalue weighted by Gasteiger charge is -2.19. The second-order valence-corrected chi connectivity index (χ2v) is 3.07. The molecule has 0 aliphatic carbocycles. The predicted molar refractivity (Wildman–Crippen MR) is 59.6 cm³/mol. The van der Waals surface area contributed by atoms with Crippen LogP contribution >= 0.6 is 11.6 Å². The summed E-state index contributed by atoms with van der Waals surface area (Å²) >= 11 is 5.76. The monoisotopic (exact) mass is 209 g/mol. The van der Waals surface area contributed by atoms with Crippen LogP contribution in [0.15, 0.2) is 37.7 Å². The van der Waals surface area contributed by atoms with Gasteiger partial charge in [-0.1, -0.05) is 23.8 Å². The van der Waals surface area contributed by atoms with E-state index in [1.807, 2.05) is 4.90 Å². The van der Waals surface area contributed by atoms with Crippen molar-refractivity contribution in [3.05, 3.63) is 42.9 Å². The molecule has 0 fully saturated rings. The summed E-state index contributed by atoms with van der Waals surface area (Å²) in [5, 5.41) is 0.438. The highest BCUT2D eigenvalue weighted by Gasteiger charge is 2.04. The maximum absolute atomic E-state index is 5.76. The molecule has 1 aromatic heterocycles. The molecule has 1 heterocycles. The molecule has 3 nitrogen and oxygen atoms in total. The van der Waals surface area contributed by atoms with Crippen molar-refractivity contribution in [2.24, 2.45) is 0 Å². The minimum atomic E-state index is 0.438. The van der Waals surface area contributed by atoms with Gasteiger partial charge in [-0.3, -0.25) is 0 Å². The van der Waals surface area contributed by atoms with Crippen molar-refractivity contribution in [2.45, 2.75) is 0 Å². The zero-order valence-electron chi connectivity index (χ0n) is 7.86. The van der Waals surface area contributed by atoms with Gasteiger partial charge in [0.05, 0.1) is 0 Å². The summed E-state index contributed by atoms with van der Waals surface area (Å²) in [6.07, 6.45) is 5.05. The molecule has 0 unspecified atom stereocenters. The average Bonchev–Trinajstić information content (AvgIpc) is 2.17. The summed E-state index contributed by atoms with van der Waals surface area (Å²) in [6, 6.07) is 1.72. The third-order valence-corrected chi connectivity index (χ3v) is 1.85. The quantitative estimate of drug-likeness (QED) is 0.551. The number of hydrogen-bond acceptors (Lipinski definition) is 3. The Kier molecular flexibility index (Phi) is 4.13. The molecule has 0 spiro atoms. The van der Waals surface area contributed by atoms with Crippen LogP contribution in [-0.2, 0) is 0 Å². The standard InChI is InChI=1S/C10H12ClN3/c1-3-5-14(6-4-2)10-7-9(11)12-8-13-10/h3-4,7-8H,1-2,5-6H2. The molecule has 14 heavy (non-hydrogen) atoms. The van der Waals surface area contributed by atoms with Crippen LogP contribution in [0.5, 0.6) is 0 Å². The van der Waals surface area contributed by atoms with Gasteiger partial charge in [-0.25, -0.2) is 9.97 Å². The van der Waals surface area contributed by atoms with E-state index in [1.54, 1.807) is 18.2 Å². The fourth-order valence-electron chi connectivity index (χ4n) is 1.07. The van der Waals surface area contributed by atoms with Gasteiger partial charge in [0.15, 0.2) is 0 Å². The summed E-state index contributed by atoms with van der Waals surface area (Å²) in [5.74, 6) is 0.782. The summed E-state index contributed by atoms with van der Waals surface area (Å²) in [7, 11) is 0. The molecule has 0 N–H and O–H groups in total. The highest BCUT2D eigenvalue weighted by molar-refractivity contribution is 6.29. The lowest BCUT2D eigenvalue weighted by Crippen LogP contribution is -2.24. The van der Waals surface area contributed by atoms with Crippen LogP contribution < -0.4 is 4.90 Å². The molecule has 0 radical (unpaired) electrons. The molecular formula is C10H12ClN3. The topological polar surface area (TPSA) is 29.0 Å². The van der Waals surface area contributed by atoms with E-state index >= 15 is 0 Å². The highest BCUT2D eigenvalue weighted by Crippen LogP contribution is 2.13. The van der Waals surface area contributed by atoms with E-state index in [2.05, 4.69) is 23.1 Å². The van der Waals surface area contributed by atoms with Crippen LogP contribution in [0.2, 0.25) is 5.15 Å². The van der Waals surface area contributed by atoms with Crippen LogP contribution in [0.4, 0.5) is 5.82 Å². The molecule has 0 atom stereocenters. The van der Waals surface area contributed by atoms with Gasteiger partial charge in [0.25, 0.3) is 0 Å². The lowest BCUT2D eigenvalue weighted by molar-refractivity contribution is 0.917. The molecule has 74 valence electrons. The van der Waals surface area contributed by atoms with E-state index in [9.17, 15) is 0 Å². The fraction of sp³-hybridized carbons (Fsp3) is 0.200. The third-order valence-electron chi connectivity index (χ3n) is 1.64. The van der Waals surface area contributed by atoms with Gasteiger partial charge in [0.2, 0.25) is 0 Å². The summed E-state index contributed by atoms with van der Waals surface area (Å²) in [5.41, 5.74) is 0. The van der Waals surface area contributed by atoms with Gasteiger partial charge in [0.1, 0.15) is 17.3 Å². The Labute approximate surface area is 88.7 Å². The molecule has 0 saturated heterocycles. The average molecular weight is 210 g/mol. The number of anilines is 1. The first-order valence-corrected chi connectivity index (χ1v) is 4.60. The number of nitrogens with zero attached hydrogens (tertiary/aromatic N) is 3. The Morgan fingerprint density at radius 3 is 2.43 bits per heavy atom. The third kappa shape index (κ3) is 2.85. The molecule has 0 aliphatic rings. The largest absolute Gasteiger partial charge is 0.349 e. The van der Waals surface area contributed by atoms with E-state index in [0.717, 1.165) is 5.82 Å². The number of aromatic nitrogens is 2. The van der Waals surface area contributed by atoms with Gasteiger partial charge in [-0.05, 0) is 0 Å². The second-order valence-electron chi connectivity index (χ2n) is 2.68. The summed E-state index contributed by atoms with van der Waals surface area (Å²) in [4.78, 5) is 9.92. The smallest absolute Gasteiger partial charge is 0.134 e. The maximum atomic E-state index is 5.76. The highest BCUT2D eigenvalue weighted by atomic mass is 35.5. The summed E-state index contributed by atoms with van der Waals surface area (Å²) < 4.78 is 0. The Morgan fingerprint density at radius 2 is 1.93 bits per heavy atom. The number of halogens is 1. The zero-order chi connectivity index (χ0) is 10.4. The molecule has 1 rings (SSSR count). The fourth-order valence-corrected chi connectivity index (χ4v) is 1.21. The molecule has 0 amide bonds. The van der Waals surface area contributed by atoms with Crippen molar-refractivity contribution < 1.29 is 0 Å². The van der Waals surface area contributed by atoms with Crippen LogP contribution in [0.3, 0.4) is 0 Å². The summed E-state index contributed by atoms with van der Waals surface area (Å²) in [6.45, 7) is 8.77. The van der Waals surface area contributed by atoms with Crippen molar-refractivity contribution in [1.29, 1.82) is 0 Å². The molecule has 0 saturated carbocycles. The van der Waals surface area contributed by atoms with Gasteiger partial charge >= 0.3 is 0 Å². The van der Waals surface area contributed by atoms with Crippen LogP contribution in [0.1, 0.15) is 0 Å². The predicted octanol–water partition coefficient (Wildman–Crippen LogP) is 2.31. The number of hydrogen-bond donors (Lipinski definition) is 0. The van der Waals surface area contributed by atoms with Gasteiger partial charge in [-0.15, -0.1) is 13.2 Å². The minimum absolute atomic E-state index is 0.438. The Hall–Kier alpha value is -1.35. The van der Waals surface area contributed by atoms with E-state index in [4.69, 9.17) is 11.6 Å². The Bertz CT molecular complexity index is 315. The van der Waals surface area contributed by atoms with Crippen LogP contribution in [0, 0.1) is 0 Å². The van der Waals surface area contributed by atoms with Gasteiger partial charge in [0, 0.05) is 19.2 Å². The first kappa shape index (κ1) is 10.7. The lowest BCUT2D eigenvalue weighted by atomic mass is 10.4. The second kappa shape index (κ2) is 5.40. The number of rotatable bonds is 5. The maximum Gasteiger partial charge on any atom is 0.134 e. The van der Waals surface area contributed by atoms with Crippen LogP contribution in [-0.4, -0.2) is 23.1 Å². The van der Waals surface area contributed by atoms with Gasteiger partial charge in [-0.2, -0.15) is 0 Å². The van der Waals surface area contributed by atoms with Crippen molar-refractivity contribution in [3.8, 4) is 0 Å². The van der Waals surface area contributed by atoms with Crippen LogP contribution in [0.25, 0.3) is 0 Å². The Balaban J connectivity index is 2.85. The minimum Gasteiger partial charge on any atom is -0.349 e. The molecule has 0 aromatic carbocycles. The van der Waals surface area contributed by atoms with Crippen molar-refractivity contribution >= 4 is 17.4 Å². The molecule has 0 bridgehead atoms. The zero-order valence-corrected chi connectivity index (χ0v) is 8.61. The van der Waals surface area contributed by atoms with E-state index < -0.39 is 0 Å². The first-order valence-electron chi connectivity index (χ1n) is 4.22. The molecule has 1 aromatic rings. The van der Waals surface area contributed by atoms with Crippen molar-refractivity contribution in [2.75, 3.05) is 18.0 Å². The molecule has 0 aliphatic heterocycles. The van der Waals surface area contributed by atoms with E-state index in [1.165, 1.54) is 6.33 Å². The van der Waals surface area contributed by atoms with E-state index in [-0.39, 0.29) is 0 Å².